The van der Waals surface area contributed by atoms with Gasteiger partial charge in [0.15, 0.2) is 5.41 Å². The van der Waals surface area contributed by atoms with Gasteiger partial charge in [-0.25, -0.2) is 0 Å². The number of hydroxylamine groups is 4. The van der Waals surface area contributed by atoms with Crippen LogP contribution in [0.25, 0.3) is 0 Å². The van der Waals surface area contributed by atoms with Crippen LogP contribution in [0.3, 0.4) is 0 Å². The van der Waals surface area contributed by atoms with Crippen LogP contribution >= 0.6 is 0 Å². The van der Waals surface area contributed by atoms with Crippen LogP contribution in [0.1, 0.15) is 134 Å². The first-order valence-electron chi connectivity index (χ1n) is 16.0. The molecule has 0 aromatic heterocycles. The first-order chi connectivity index (χ1) is 19.7. The summed E-state index contributed by atoms with van der Waals surface area (Å²) in [6.07, 6.45) is 4.58. The molecule has 0 atom stereocenters. The maximum atomic E-state index is 14.7. The third kappa shape index (κ3) is 8.10. The molecule has 0 radical (unpaired) electrons. The first-order valence-corrected chi connectivity index (χ1v) is 16.0. The number of esters is 2. The van der Waals surface area contributed by atoms with Crippen LogP contribution in [0.2, 0.25) is 0 Å². The van der Waals surface area contributed by atoms with Crippen LogP contribution in [0, 0.1) is 17.3 Å². The summed E-state index contributed by atoms with van der Waals surface area (Å²) in [5.74, 6) is -2.93. The maximum Gasteiger partial charge on any atom is 0.324 e. The molecular formula is C33H58N2O8. The molecule has 0 unspecified atom stereocenters. The van der Waals surface area contributed by atoms with Crippen LogP contribution in [0.4, 0.5) is 0 Å². The number of nitrogens with zero attached hydrogens (tertiary/aromatic N) is 2. The summed E-state index contributed by atoms with van der Waals surface area (Å²) in [7, 11) is 0. The average molecular weight is 611 g/mol. The predicted molar refractivity (Wildman–Crippen MR) is 163 cm³/mol. The lowest BCUT2D eigenvalue weighted by atomic mass is 9.53. The average Bonchev–Trinajstić information content (AvgIpc) is 2.83. The molecule has 0 amide bonds. The van der Waals surface area contributed by atoms with Gasteiger partial charge in [0.1, 0.15) is 0 Å². The van der Waals surface area contributed by atoms with Crippen LogP contribution < -0.4 is 0 Å². The second-order valence-corrected chi connectivity index (χ2v) is 15.1. The number of unbranched alkanes of at least 4 members (excludes halogenated alkanes) is 2. The van der Waals surface area contributed by atoms with E-state index in [1.165, 1.54) is 13.8 Å². The molecule has 0 spiro atoms. The highest BCUT2D eigenvalue weighted by atomic mass is 16.7. The van der Waals surface area contributed by atoms with E-state index in [0.29, 0.717) is 38.5 Å². The second kappa shape index (κ2) is 13.8. The zero-order valence-corrected chi connectivity index (χ0v) is 28.9. The van der Waals surface area contributed by atoms with Gasteiger partial charge in [-0.05, 0) is 106 Å². The zero-order chi connectivity index (χ0) is 33.0. The van der Waals surface area contributed by atoms with Crippen molar-refractivity contribution in [3.63, 3.8) is 0 Å². The Bertz CT molecular complexity index is 902. The topological polar surface area (TPSA) is 112 Å². The summed E-state index contributed by atoms with van der Waals surface area (Å²) in [6.45, 7) is 23.0. The molecule has 0 N–H and O–H groups in total. The van der Waals surface area contributed by atoms with E-state index in [1.807, 2.05) is 69.2 Å². The van der Waals surface area contributed by atoms with Gasteiger partial charge < -0.3 is 19.1 Å². The van der Waals surface area contributed by atoms with Gasteiger partial charge in [0.2, 0.25) is 0 Å². The van der Waals surface area contributed by atoms with Gasteiger partial charge in [-0.3, -0.25) is 19.2 Å². The van der Waals surface area contributed by atoms with Crippen molar-refractivity contribution in [2.75, 3.05) is 13.2 Å². The maximum absolute atomic E-state index is 14.7. The molecular weight excluding hydrogens is 552 g/mol. The van der Waals surface area contributed by atoms with Crippen molar-refractivity contribution in [3.05, 3.63) is 0 Å². The molecule has 2 aliphatic rings. The summed E-state index contributed by atoms with van der Waals surface area (Å²) < 4.78 is 12.0. The van der Waals surface area contributed by atoms with E-state index in [9.17, 15) is 19.2 Å². The third-order valence-electron chi connectivity index (χ3n) is 9.05. The smallest absolute Gasteiger partial charge is 0.324 e. The fourth-order valence-electron chi connectivity index (χ4n) is 7.86. The number of piperidine rings is 2. The van der Waals surface area contributed by atoms with Crippen molar-refractivity contribution in [2.24, 2.45) is 17.3 Å². The molecule has 2 heterocycles. The number of hydrogen-bond acceptors (Lipinski definition) is 10. The Morgan fingerprint density at radius 2 is 0.884 bits per heavy atom. The van der Waals surface area contributed by atoms with Crippen molar-refractivity contribution in [3.8, 4) is 0 Å². The van der Waals surface area contributed by atoms with Crippen LogP contribution in [0.5, 0.6) is 0 Å². The molecule has 0 aliphatic carbocycles. The number of rotatable bonds is 12. The van der Waals surface area contributed by atoms with Crippen LogP contribution in [-0.4, -0.2) is 69.4 Å². The molecule has 43 heavy (non-hydrogen) atoms. The molecule has 2 rings (SSSR count). The monoisotopic (exact) mass is 610 g/mol. The highest BCUT2D eigenvalue weighted by molar-refractivity contribution is 6.01. The number of hydrogen-bond donors (Lipinski definition) is 0. The molecule has 0 aromatic carbocycles. The Morgan fingerprint density at radius 3 is 1.12 bits per heavy atom. The van der Waals surface area contributed by atoms with E-state index >= 15 is 0 Å². The minimum Gasteiger partial charge on any atom is -0.465 e. The standard InChI is InChI=1S/C33H58N2O8/c1-13-15-17-40-27(38)33(28(39)41-18-16-14-2,25-19-29(5,6)34(42-23(3)36)30(7,8)20-25)26-21-31(9,10)35(43-24(4)37)32(11,12)22-26/h25-26H,13-22H2,1-12H3. The lowest BCUT2D eigenvalue weighted by molar-refractivity contribution is -0.288. The molecule has 0 aromatic rings. The Kier molecular flexibility index (Phi) is 11.9. The molecule has 10 heteroatoms. The van der Waals surface area contributed by atoms with E-state index in [1.54, 1.807) is 10.1 Å². The van der Waals surface area contributed by atoms with Crippen molar-refractivity contribution >= 4 is 23.9 Å². The highest BCUT2D eigenvalue weighted by Crippen LogP contribution is 2.57. The van der Waals surface area contributed by atoms with Crippen molar-refractivity contribution < 1.29 is 38.3 Å². The summed E-state index contributed by atoms with van der Waals surface area (Å²) >= 11 is 0. The zero-order valence-electron chi connectivity index (χ0n) is 28.9. The Balaban J connectivity index is 2.81. The Morgan fingerprint density at radius 1 is 0.605 bits per heavy atom. The normalized spacial score (nSPS) is 22.4. The fraction of sp³-hybridized carbons (Fsp3) is 0.879. The Labute approximate surface area is 259 Å². The minimum absolute atomic E-state index is 0.206. The van der Waals surface area contributed by atoms with Gasteiger partial charge in [-0.2, -0.15) is 0 Å². The molecule has 2 saturated heterocycles. The van der Waals surface area contributed by atoms with Crippen molar-refractivity contribution in [2.45, 2.75) is 157 Å². The lowest BCUT2D eigenvalue weighted by Crippen LogP contribution is -2.69. The largest absolute Gasteiger partial charge is 0.465 e. The summed E-state index contributed by atoms with van der Waals surface area (Å²) in [6, 6.07) is 0. The molecule has 10 nitrogen and oxygen atoms in total. The van der Waals surface area contributed by atoms with E-state index in [-0.39, 0.29) is 13.2 Å². The molecule has 0 saturated carbocycles. The van der Waals surface area contributed by atoms with Gasteiger partial charge >= 0.3 is 23.9 Å². The quantitative estimate of drug-likeness (QED) is 0.145. The molecule has 2 fully saturated rings. The van der Waals surface area contributed by atoms with Gasteiger partial charge in [0.25, 0.3) is 0 Å². The predicted octanol–water partition coefficient (Wildman–Crippen LogP) is 6.15. The highest BCUT2D eigenvalue weighted by Gasteiger charge is 2.67. The van der Waals surface area contributed by atoms with E-state index in [0.717, 1.165) is 12.8 Å². The lowest BCUT2D eigenvalue weighted by Gasteiger charge is -2.59. The molecule has 0 bridgehead atoms. The number of carbonyl (C=O) groups excluding carboxylic acids is 4. The van der Waals surface area contributed by atoms with Gasteiger partial charge in [-0.15, -0.1) is 10.1 Å². The fourth-order valence-corrected chi connectivity index (χ4v) is 7.86. The van der Waals surface area contributed by atoms with Crippen LogP contribution in [-0.2, 0) is 38.3 Å². The van der Waals surface area contributed by atoms with E-state index < -0.39 is 63.3 Å². The number of ether oxygens (including phenoxy) is 2. The summed E-state index contributed by atoms with van der Waals surface area (Å²) in [5.41, 5.74) is -4.46. The molecule has 248 valence electrons. The van der Waals surface area contributed by atoms with Gasteiger partial charge in [0.05, 0.1) is 35.4 Å². The van der Waals surface area contributed by atoms with Crippen molar-refractivity contribution in [1.82, 2.24) is 10.1 Å². The molecule has 2 aliphatic heterocycles. The third-order valence-corrected chi connectivity index (χ3v) is 9.05. The van der Waals surface area contributed by atoms with Gasteiger partial charge in [0, 0.05) is 13.8 Å². The SMILES string of the molecule is CCCCOC(=O)C(C(=O)OCCCC)(C1CC(C)(C)N(OC(C)=O)C(C)(C)C1)C1CC(C)(C)N(OC(C)=O)C(C)(C)C1. The second-order valence-electron chi connectivity index (χ2n) is 15.1. The summed E-state index contributed by atoms with van der Waals surface area (Å²) in [5, 5.41) is 3.43. The summed E-state index contributed by atoms with van der Waals surface area (Å²) in [4.78, 5) is 65.0. The minimum atomic E-state index is -1.63. The van der Waals surface area contributed by atoms with Crippen LogP contribution in [0.15, 0.2) is 0 Å². The Hall–Kier alpha value is -2.20. The van der Waals surface area contributed by atoms with E-state index in [2.05, 4.69) is 0 Å². The number of carbonyl (C=O) groups is 4. The van der Waals surface area contributed by atoms with E-state index in [4.69, 9.17) is 19.1 Å². The van der Waals surface area contributed by atoms with Crippen molar-refractivity contribution in [1.29, 1.82) is 0 Å². The van der Waals surface area contributed by atoms with Gasteiger partial charge in [-0.1, -0.05) is 26.7 Å². The first kappa shape index (κ1) is 37.0.